The minimum Gasteiger partial charge on any atom is -0.350 e. The van der Waals surface area contributed by atoms with Crippen molar-refractivity contribution in [1.82, 2.24) is 15.6 Å². The van der Waals surface area contributed by atoms with Gasteiger partial charge < -0.3 is 10.6 Å². The number of pyridine rings is 1. The number of nitrogens with one attached hydrogen (secondary N) is 2. The summed E-state index contributed by atoms with van der Waals surface area (Å²) in [7, 11) is 0. The Morgan fingerprint density at radius 3 is 3.06 bits per heavy atom. The van der Waals surface area contributed by atoms with Crippen molar-refractivity contribution >= 4 is 17.7 Å². The highest BCUT2D eigenvalue weighted by Gasteiger charge is 2.18. The summed E-state index contributed by atoms with van der Waals surface area (Å²) < 4.78 is 0. The van der Waals surface area contributed by atoms with Gasteiger partial charge in [-0.2, -0.15) is 11.8 Å². The molecule has 1 aromatic heterocycles. The van der Waals surface area contributed by atoms with Crippen molar-refractivity contribution < 1.29 is 4.79 Å². The highest BCUT2D eigenvalue weighted by molar-refractivity contribution is 7.99. The van der Waals surface area contributed by atoms with E-state index in [9.17, 15) is 4.79 Å². The fourth-order valence-corrected chi connectivity index (χ4v) is 2.96. The third-order valence-electron chi connectivity index (χ3n) is 3.01. The molecule has 0 aromatic carbocycles. The van der Waals surface area contributed by atoms with Gasteiger partial charge in [-0.3, -0.25) is 9.78 Å². The number of hydrogen-bond acceptors (Lipinski definition) is 4. The zero-order valence-corrected chi connectivity index (χ0v) is 11.4. The number of amides is 1. The van der Waals surface area contributed by atoms with Crippen LogP contribution in [0.2, 0.25) is 0 Å². The first-order valence-electron chi connectivity index (χ1n) is 6.26. The van der Waals surface area contributed by atoms with Crippen molar-refractivity contribution in [2.45, 2.75) is 25.4 Å². The smallest absolute Gasteiger partial charge is 0.222 e. The Hall–Kier alpha value is -1.07. The number of carbonyl (C=O) groups excluding carboxylic acids is 1. The zero-order chi connectivity index (χ0) is 12.8. The van der Waals surface area contributed by atoms with Gasteiger partial charge in [-0.15, -0.1) is 0 Å². The molecule has 2 atom stereocenters. The molecule has 0 aliphatic carbocycles. The minimum absolute atomic E-state index is 0.0387. The first-order valence-corrected chi connectivity index (χ1v) is 7.41. The lowest BCUT2D eigenvalue weighted by atomic mass is 10.1. The van der Waals surface area contributed by atoms with Gasteiger partial charge in [-0.1, -0.05) is 0 Å². The lowest BCUT2D eigenvalue weighted by Gasteiger charge is -2.23. The van der Waals surface area contributed by atoms with Crippen molar-refractivity contribution in [3.05, 3.63) is 30.1 Å². The van der Waals surface area contributed by atoms with E-state index < -0.39 is 0 Å². The van der Waals surface area contributed by atoms with E-state index >= 15 is 0 Å². The lowest BCUT2D eigenvalue weighted by Crippen LogP contribution is -2.41. The Labute approximate surface area is 112 Å². The van der Waals surface area contributed by atoms with Crippen molar-refractivity contribution in [2.75, 3.05) is 18.1 Å². The van der Waals surface area contributed by atoms with Gasteiger partial charge in [0.05, 0.1) is 6.04 Å². The standard InChI is InChI=1S/C13H19N3OS/c1-10(11-2-4-14-5-3-11)16-13(17)8-12-9-18-7-6-15-12/h2-5,10,12,15H,6-9H2,1H3,(H,16,17)/t10-,12?/m1/s1. The van der Waals surface area contributed by atoms with Crippen molar-refractivity contribution in [2.24, 2.45) is 0 Å². The monoisotopic (exact) mass is 265 g/mol. The molecule has 1 aliphatic heterocycles. The maximum Gasteiger partial charge on any atom is 0.222 e. The van der Waals surface area contributed by atoms with Gasteiger partial charge in [0.15, 0.2) is 0 Å². The average molecular weight is 265 g/mol. The molecule has 98 valence electrons. The summed E-state index contributed by atoms with van der Waals surface area (Å²) in [5, 5.41) is 6.40. The molecular formula is C13H19N3OS. The molecule has 5 heteroatoms. The van der Waals surface area contributed by atoms with E-state index in [4.69, 9.17) is 0 Å². The Bertz CT molecular complexity index is 379. The molecule has 2 N–H and O–H groups in total. The van der Waals surface area contributed by atoms with E-state index in [2.05, 4.69) is 15.6 Å². The first-order chi connectivity index (χ1) is 8.75. The molecule has 4 nitrogen and oxygen atoms in total. The van der Waals surface area contributed by atoms with E-state index in [1.165, 1.54) is 0 Å². The van der Waals surface area contributed by atoms with E-state index in [-0.39, 0.29) is 11.9 Å². The van der Waals surface area contributed by atoms with Gasteiger partial charge in [-0.05, 0) is 24.6 Å². The van der Waals surface area contributed by atoms with Crippen LogP contribution in [-0.2, 0) is 4.79 Å². The Kier molecular flexibility index (Phi) is 5.01. The molecular weight excluding hydrogens is 246 g/mol. The second-order valence-corrected chi connectivity index (χ2v) is 5.65. The number of hydrogen-bond donors (Lipinski definition) is 2. The van der Waals surface area contributed by atoms with Crippen LogP contribution >= 0.6 is 11.8 Å². The topological polar surface area (TPSA) is 54.0 Å². The molecule has 18 heavy (non-hydrogen) atoms. The summed E-state index contributed by atoms with van der Waals surface area (Å²) in [5.41, 5.74) is 1.09. The quantitative estimate of drug-likeness (QED) is 0.863. The molecule has 1 amide bonds. The Balaban J connectivity index is 1.80. The van der Waals surface area contributed by atoms with Crippen molar-refractivity contribution in [3.63, 3.8) is 0 Å². The summed E-state index contributed by atoms with van der Waals surface area (Å²) in [4.78, 5) is 15.9. The molecule has 0 spiro atoms. The van der Waals surface area contributed by atoms with Gasteiger partial charge in [0.25, 0.3) is 0 Å². The van der Waals surface area contributed by atoms with Gasteiger partial charge in [0, 0.05) is 42.9 Å². The van der Waals surface area contributed by atoms with Gasteiger partial charge in [-0.25, -0.2) is 0 Å². The molecule has 1 fully saturated rings. The van der Waals surface area contributed by atoms with E-state index in [0.29, 0.717) is 12.5 Å². The third-order valence-corrected chi connectivity index (χ3v) is 4.14. The summed E-state index contributed by atoms with van der Waals surface area (Å²) in [5.74, 6) is 2.28. The zero-order valence-electron chi connectivity index (χ0n) is 10.6. The van der Waals surface area contributed by atoms with Gasteiger partial charge >= 0.3 is 0 Å². The maximum absolute atomic E-state index is 11.9. The van der Waals surface area contributed by atoms with Gasteiger partial charge in [0.1, 0.15) is 0 Å². The highest BCUT2D eigenvalue weighted by Crippen LogP contribution is 2.13. The molecule has 1 aliphatic rings. The van der Waals surface area contributed by atoms with Crippen LogP contribution in [0.4, 0.5) is 0 Å². The number of nitrogens with zero attached hydrogens (tertiary/aromatic N) is 1. The van der Waals surface area contributed by atoms with Crippen LogP contribution in [0, 0.1) is 0 Å². The largest absolute Gasteiger partial charge is 0.350 e. The SMILES string of the molecule is C[C@@H](NC(=O)CC1CSCCN1)c1ccncc1. The fourth-order valence-electron chi connectivity index (χ4n) is 2.01. The third kappa shape index (κ3) is 3.99. The predicted octanol–water partition coefficient (Wildman–Crippen LogP) is 1.35. The Morgan fingerprint density at radius 1 is 1.61 bits per heavy atom. The van der Waals surface area contributed by atoms with Crippen LogP contribution in [0.1, 0.15) is 24.9 Å². The van der Waals surface area contributed by atoms with Crippen molar-refractivity contribution in [3.8, 4) is 0 Å². The highest BCUT2D eigenvalue weighted by atomic mass is 32.2. The summed E-state index contributed by atoms with van der Waals surface area (Å²) in [6.45, 7) is 3.00. The summed E-state index contributed by atoms with van der Waals surface area (Å²) in [6, 6.07) is 4.21. The van der Waals surface area contributed by atoms with Crippen LogP contribution in [0.3, 0.4) is 0 Å². The number of rotatable bonds is 4. The molecule has 0 radical (unpaired) electrons. The van der Waals surface area contributed by atoms with Crippen LogP contribution in [0.15, 0.2) is 24.5 Å². The van der Waals surface area contributed by atoms with Crippen LogP contribution < -0.4 is 10.6 Å². The number of aromatic nitrogens is 1. The minimum atomic E-state index is 0.0387. The van der Waals surface area contributed by atoms with Crippen molar-refractivity contribution in [1.29, 1.82) is 0 Å². The van der Waals surface area contributed by atoms with E-state index in [1.54, 1.807) is 12.4 Å². The summed E-state index contributed by atoms with van der Waals surface area (Å²) >= 11 is 1.91. The first kappa shape index (κ1) is 13.4. The number of carbonyl (C=O) groups is 1. The molecule has 1 saturated heterocycles. The van der Waals surface area contributed by atoms with Crippen LogP contribution in [0.25, 0.3) is 0 Å². The second-order valence-electron chi connectivity index (χ2n) is 4.50. The molecule has 0 bridgehead atoms. The van der Waals surface area contributed by atoms with Crippen LogP contribution in [0.5, 0.6) is 0 Å². The lowest BCUT2D eigenvalue weighted by molar-refractivity contribution is -0.122. The van der Waals surface area contributed by atoms with E-state index in [0.717, 1.165) is 23.6 Å². The molecule has 2 heterocycles. The summed E-state index contributed by atoms with van der Waals surface area (Å²) in [6.07, 6.45) is 4.05. The van der Waals surface area contributed by atoms with Gasteiger partial charge in [0.2, 0.25) is 5.91 Å². The molecule has 1 aromatic rings. The molecule has 1 unspecified atom stereocenters. The van der Waals surface area contributed by atoms with E-state index in [1.807, 2.05) is 30.8 Å². The second kappa shape index (κ2) is 6.75. The maximum atomic E-state index is 11.9. The average Bonchev–Trinajstić information content (AvgIpc) is 2.40. The normalized spacial score (nSPS) is 21.3. The Morgan fingerprint density at radius 2 is 2.39 bits per heavy atom. The fraction of sp³-hybridized carbons (Fsp3) is 0.538. The predicted molar refractivity (Wildman–Crippen MR) is 74.5 cm³/mol. The number of thioether (sulfide) groups is 1. The van der Waals surface area contributed by atoms with Crippen LogP contribution in [-0.4, -0.2) is 35.0 Å². The molecule has 0 saturated carbocycles. The molecule has 2 rings (SSSR count).